The van der Waals surface area contributed by atoms with E-state index in [1.165, 1.54) is 22.3 Å². The van der Waals surface area contributed by atoms with Crippen LogP contribution >= 0.6 is 0 Å². The minimum absolute atomic E-state index is 0.0569. The van der Waals surface area contributed by atoms with Crippen LogP contribution in [0.4, 0.5) is 0 Å². The summed E-state index contributed by atoms with van der Waals surface area (Å²) in [6.45, 7) is 9.04. The third-order valence-electron chi connectivity index (χ3n) is 6.06. The van der Waals surface area contributed by atoms with Gasteiger partial charge in [0.1, 0.15) is 29.1 Å². The summed E-state index contributed by atoms with van der Waals surface area (Å²) >= 11 is 0. The zero-order valence-corrected chi connectivity index (χ0v) is 19.4. The van der Waals surface area contributed by atoms with Crippen LogP contribution in [0.15, 0.2) is 47.6 Å². The van der Waals surface area contributed by atoms with Crippen LogP contribution < -0.4 is 18.9 Å². The fourth-order valence-corrected chi connectivity index (χ4v) is 4.41. The molecule has 0 saturated heterocycles. The molecule has 0 aromatic heterocycles. The second-order valence-corrected chi connectivity index (χ2v) is 8.79. The molecule has 0 fully saturated rings. The van der Waals surface area contributed by atoms with Gasteiger partial charge in [0.15, 0.2) is 0 Å². The second-order valence-electron chi connectivity index (χ2n) is 8.79. The lowest BCUT2D eigenvalue weighted by Crippen LogP contribution is -2.24. The highest BCUT2D eigenvalue weighted by atomic mass is 16.5. The van der Waals surface area contributed by atoms with E-state index in [9.17, 15) is 0 Å². The molecule has 2 aliphatic heterocycles. The van der Waals surface area contributed by atoms with E-state index in [0.29, 0.717) is 6.61 Å². The maximum atomic E-state index is 6.48. The molecule has 4 heteroatoms. The average Bonchev–Trinajstić information content (AvgIpc) is 3.12. The van der Waals surface area contributed by atoms with E-state index in [2.05, 4.69) is 52.0 Å². The minimum Gasteiger partial charge on any atom is -0.496 e. The van der Waals surface area contributed by atoms with Crippen LogP contribution in [0.1, 0.15) is 62.0 Å². The van der Waals surface area contributed by atoms with Gasteiger partial charge in [0.2, 0.25) is 0 Å². The Hall–Kier alpha value is -2.88. The van der Waals surface area contributed by atoms with Crippen molar-refractivity contribution >= 4 is 0 Å². The van der Waals surface area contributed by atoms with E-state index in [1.807, 2.05) is 12.1 Å². The molecule has 0 bridgehead atoms. The third-order valence-corrected chi connectivity index (χ3v) is 6.06. The predicted molar refractivity (Wildman–Crippen MR) is 124 cm³/mol. The summed E-state index contributed by atoms with van der Waals surface area (Å²) in [5, 5.41) is 0. The van der Waals surface area contributed by atoms with Crippen molar-refractivity contribution in [3.05, 3.63) is 69.8 Å². The molecule has 2 aliphatic rings. The molecule has 2 aromatic rings. The lowest BCUT2D eigenvalue weighted by molar-refractivity contribution is 0.138. The summed E-state index contributed by atoms with van der Waals surface area (Å²) < 4.78 is 24.1. The standard InChI is InChI=1S/C27H32O4/c1-16(2)7-9-18-13-21-22-15-30-26-19(10-8-17(3)4)23(28-5)12-11-20(26)27(22)31-25(21)14-24(18)29-6/h7-8,11-14,22,27H,9-10,15H2,1-6H3/t22-,27-/m1/s1. The second kappa shape index (κ2) is 8.70. The van der Waals surface area contributed by atoms with Gasteiger partial charge in [0.05, 0.1) is 26.7 Å². The maximum Gasteiger partial charge on any atom is 0.138 e. The Morgan fingerprint density at radius 3 is 2.32 bits per heavy atom. The molecule has 0 N–H and O–H groups in total. The molecule has 4 rings (SSSR count). The lowest BCUT2D eigenvalue weighted by Gasteiger charge is -2.30. The number of hydrogen-bond acceptors (Lipinski definition) is 4. The Morgan fingerprint density at radius 2 is 1.65 bits per heavy atom. The summed E-state index contributed by atoms with van der Waals surface area (Å²) in [6.07, 6.45) is 6.00. The Labute approximate surface area is 185 Å². The number of allylic oxidation sites excluding steroid dienone is 4. The molecule has 164 valence electrons. The molecule has 0 radical (unpaired) electrons. The van der Waals surface area contributed by atoms with Crippen LogP contribution in [0.3, 0.4) is 0 Å². The summed E-state index contributed by atoms with van der Waals surface area (Å²) in [5.74, 6) is 3.70. The van der Waals surface area contributed by atoms with Gasteiger partial charge in [0.25, 0.3) is 0 Å². The normalized spacial score (nSPS) is 18.0. The van der Waals surface area contributed by atoms with E-state index >= 15 is 0 Å². The molecule has 0 amide bonds. The highest BCUT2D eigenvalue weighted by Gasteiger charge is 2.42. The zero-order chi connectivity index (χ0) is 22.1. The van der Waals surface area contributed by atoms with Gasteiger partial charge in [-0.25, -0.2) is 0 Å². The molecule has 31 heavy (non-hydrogen) atoms. The molecule has 0 saturated carbocycles. The van der Waals surface area contributed by atoms with Gasteiger partial charge < -0.3 is 18.9 Å². The van der Waals surface area contributed by atoms with Crippen molar-refractivity contribution in [3.8, 4) is 23.0 Å². The van der Waals surface area contributed by atoms with Crippen LogP contribution in [0.5, 0.6) is 23.0 Å². The summed E-state index contributed by atoms with van der Waals surface area (Å²) in [4.78, 5) is 0. The van der Waals surface area contributed by atoms with Crippen molar-refractivity contribution in [1.29, 1.82) is 0 Å². The van der Waals surface area contributed by atoms with Crippen molar-refractivity contribution in [2.24, 2.45) is 0 Å². The summed E-state index contributed by atoms with van der Waals surface area (Å²) in [7, 11) is 3.43. The van der Waals surface area contributed by atoms with E-state index in [-0.39, 0.29) is 12.0 Å². The van der Waals surface area contributed by atoms with Crippen LogP contribution in [-0.2, 0) is 12.8 Å². The van der Waals surface area contributed by atoms with E-state index in [4.69, 9.17) is 18.9 Å². The number of ether oxygens (including phenoxy) is 4. The van der Waals surface area contributed by atoms with E-state index < -0.39 is 0 Å². The summed E-state index contributed by atoms with van der Waals surface area (Å²) in [5.41, 5.74) is 7.13. The molecule has 2 heterocycles. The molecule has 4 nitrogen and oxygen atoms in total. The number of methoxy groups -OCH3 is 2. The Bertz CT molecular complexity index is 1040. The van der Waals surface area contributed by atoms with E-state index in [1.54, 1.807) is 14.2 Å². The van der Waals surface area contributed by atoms with Crippen LogP contribution in [0.2, 0.25) is 0 Å². The molecule has 2 atom stereocenters. The maximum absolute atomic E-state index is 6.48. The molecular weight excluding hydrogens is 388 g/mol. The molecule has 0 aliphatic carbocycles. The predicted octanol–water partition coefficient (Wildman–Crippen LogP) is 6.33. The highest BCUT2D eigenvalue weighted by molar-refractivity contribution is 5.58. The fraction of sp³-hybridized carbons (Fsp3) is 0.407. The van der Waals surface area contributed by atoms with Crippen LogP contribution in [0, 0.1) is 0 Å². The SMILES string of the molecule is COc1cc2c(cc1CC=C(C)C)[C@H]1COc3c(ccc(OC)c3CC=C(C)C)[C@H]1O2. The van der Waals surface area contributed by atoms with Crippen molar-refractivity contribution < 1.29 is 18.9 Å². The largest absolute Gasteiger partial charge is 0.496 e. The van der Waals surface area contributed by atoms with Crippen LogP contribution in [0.25, 0.3) is 0 Å². The fourth-order valence-electron chi connectivity index (χ4n) is 4.41. The van der Waals surface area contributed by atoms with Crippen molar-refractivity contribution in [2.45, 2.75) is 52.6 Å². The van der Waals surface area contributed by atoms with Gasteiger partial charge in [-0.2, -0.15) is 0 Å². The molecular formula is C27H32O4. The first-order valence-corrected chi connectivity index (χ1v) is 10.9. The molecule has 2 aromatic carbocycles. The van der Waals surface area contributed by atoms with Gasteiger partial charge in [-0.05, 0) is 64.3 Å². The topological polar surface area (TPSA) is 36.9 Å². The zero-order valence-electron chi connectivity index (χ0n) is 19.4. The molecule has 0 unspecified atom stereocenters. The minimum atomic E-state index is -0.0569. The lowest BCUT2D eigenvalue weighted by atomic mass is 9.86. The first-order chi connectivity index (χ1) is 14.9. The number of rotatable bonds is 6. The average molecular weight is 421 g/mol. The van der Waals surface area contributed by atoms with E-state index in [0.717, 1.165) is 47.0 Å². The Kier molecular flexibility index (Phi) is 5.99. The van der Waals surface area contributed by atoms with Crippen molar-refractivity contribution in [2.75, 3.05) is 20.8 Å². The van der Waals surface area contributed by atoms with Gasteiger partial charge in [-0.15, -0.1) is 0 Å². The smallest absolute Gasteiger partial charge is 0.138 e. The van der Waals surface area contributed by atoms with Crippen LogP contribution in [-0.4, -0.2) is 20.8 Å². The first-order valence-electron chi connectivity index (χ1n) is 10.9. The summed E-state index contributed by atoms with van der Waals surface area (Å²) in [6, 6.07) is 8.39. The monoisotopic (exact) mass is 420 g/mol. The molecule has 0 spiro atoms. The van der Waals surface area contributed by atoms with Gasteiger partial charge in [0, 0.05) is 22.8 Å². The van der Waals surface area contributed by atoms with Gasteiger partial charge in [-0.1, -0.05) is 23.3 Å². The van der Waals surface area contributed by atoms with Gasteiger partial charge in [-0.3, -0.25) is 0 Å². The van der Waals surface area contributed by atoms with Crippen molar-refractivity contribution in [1.82, 2.24) is 0 Å². The number of benzene rings is 2. The highest BCUT2D eigenvalue weighted by Crippen LogP contribution is 2.54. The quantitative estimate of drug-likeness (QED) is 0.512. The first kappa shape index (κ1) is 21.4. The third kappa shape index (κ3) is 4.04. The Balaban J connectivity index is 1.73. The Morgan fingerprint density at radius 1 is 0.935 bits per heavy atom. The number of hydrogen-bond donors (Lipinski definition) is 0. The van der Waals surface area contributed by atoms with Gasteiger partial charge >= 0.3 is 0 Å². The number of fused-ring (bicyclic) bond motifs is 5. The van der Waals surface area contributed by atoms with Crippen molar-refractivity contribution in [3.63, 3.8) is 0 Å².